The summed E-state index contributed by atoms with van der Waals surface area (Å²) in [4.78, 5) is 27.8. The molecule has 0 aromatic heterocycles. The van der Waals surface area contributed by atoms with E-state index in [4.69, 9.17) is 16.3 Å². The first-order chi connectivity index (χ1) is 20.6. The van der Waals surface area contributed by atoms with Gasteiger partial charge in [-0.25, -0.2) is 12.8 Å². The van der Waals surface area contributed by atoms with Crippen LogP contribution in [0, 0.1) is 5.82 Å². The third-order valence-electron chi connectivity index (χ3n) is 7.16. The molecule has 2 amide bonds. The number of hydrogen-bond donors (Lipinski definition) is 2. The van der Waals surface area contributed by atoms with Gasteiger partial charge in [-0.1, -0.05) is 35.4 Å². The van der Waals surface area contributed by atoms with Gasteiger partial charge in [-0.2, -0.15) is 0 Å². The summed E-state index contributed by atoms with van der Waals surface area (Å²) in [5, 5.41) is 3.52. The number of anilines is 1. The van der Waals surface area contributed by atoms with Gasteiger partial charge in [-0.05, 0) is 105 Å². The topological polar surface area (TPSA) is 105 Å². The second-order valence-corrected chi connectivity index (χ2v) is 12.5. The molecule has 228 valence electrons. The van der Waals surface area contributed by atoms with E-state index >= 15 is 0 Å². The highest BCUT2D eigenvalue weighted by atomic mass is 35.5. The number of carbonyl (C=O) groups excluding carboxylic acids is 2. The zero-order valence-corrected chi connectivity index (χ0v) is 25.5. The van der Waals surface area contributed by atoms with Crippen LogP contribution in [0.4, 0.5) is 10.1 Å². The predicted molar refractivity (Wildman–Crippen MR) is 165 cm³/mol. The van der Waals surface area contributed by atoms with Gasteiger partial charge in [0, 0.05) is 23.8 Å². The number of benzene rings is 3. The summed E-state index contributed by atoms with van der Waals surface area (Å²) in [5.74, 6) is -0.879. The second kappa shape index (κ2) is 15.0. The molecule has 0 unspecified atom stereocenters. The Bertz CT molecular complexity index is 1530. The van der Waals surface area contributed by atoms with Crippen molar-refractivity contribution in [2.75, 3.05) is 17.9 Å². The molecule has 0 aliphatic heterocycles. The Morgan fingerprint density at radius 2 is 1.70 bits per heavy atom. The van der Waals surface area contributed by atoms with Crippen LogP contribution in [0.1, 0.15) is 44.6 Å². The molecule has 0 radical (unpaired) electrons. The average molecular weight is 628 g/mol. The number of hydrogen-bond acceptors (Lipinski definition) is 5. The van der Waals surface area contributed by atoms with E-state index in [-0.39, 0.29) is 35.4 Å². The molecule has 8 nitrogen and oxygen atoms in total. The predicted octanol–water partition coefficient (Wildman–Crippen LogP) is 6.08. The number of sulfonamides is 1. The fraction of sp³-hybridized carbons (Fsp3) is 0.312. The maximum absolute atomic E-state index is 13.4. The summed E-state index contributed by atoms with van der Waals surface area (Å²) in [6.07, 6.45) is 7.55. The molecule has 1 atom stereocenters. The minimum absolute atomic E-state index is 0.0332. The Morgan fingerprint density at radius 3 is 2.35 bits per heavy atom. The Balaban J connectivity index is 1.38. The van der Waals surface area contributed by atoms with Crippen molar-refractivity contribution in [2.45, 2.75) is 56.5 Å². The normalized spacial score (nSPS) is 13.9. The third-order valence-corrected chi connectivity index (χ3v) is 8.81. The smallest absolute Gasteiger partial charge is 0.261 e. The summed E-state index contributed by atoms with van der Waals surface area (Å²) in [6, 6.07) is 16.8. The molecule has 4 rings (SSSR count). The zero-order chi connectivity index (χ0) is 30.8. The van der Waals surface area contributed by atoms with Crippen molar-refractivity contribution in [2.24, 2.45) is 0 Å². The Kier molecular flexibility index (Phi) is 11.2. The van der Waals surface area contributed by atoms with Crippen molar-refractivity contribution in [1.82, 2.24) is 10.2 Å². The van der Waals surface area contributed by atoms with Crippen LogP contribution in [0.3, 0.4) is 0 Å². The van der Waals surface area contributed by atoms with E-state index in [9.17, 15) is 22.4 Å². The van der Waals surface area contributed by atoms with Crippen molar-refractivity contribution in [3.05, 3.63) is 101 Å². The number of nitrogens with zero attached hydrogens (tertiary/aromatic N) is 1. The lowest BCUT2D eigenvalue weighted by molar-refractivity contribution is -0.142. The lowest BCUT2D eigenvalue weighted by Gasteiger charge is -2.29. The first kappa shape index (κ1) is 32.0. The van der Waals surface area contributed by atoms with Crippen LogP contribution in [-0.4, -0.2) is 44.3 Å². The molecule has 3 aromatic rings. The molecule has 1 aliphatic rings. The molecule has 3 aromatic carbocycles. The number of amides is 2. The third kappa shape index (κ3) is 9.56. The first-order valence-corrected chi connectivity index (χ1v) is 16.0. The largest absolute Gasteiger partial charge is 0.484 e. The highest BCUT2D eigenvalue weighted by Crippen LogP contribution is 2.21. The fourth-order valence-corrected chi connectivity index (χ4v) is 5.85. The molecule has 0 saturated carbocycles. The molecule has 11 heteroatoms. The lowest BCUT2D eigenvalue weighted by Crippen LogP contribution is -2.49. The van der Waals surface area contributed by atoms with Crippen molar-refractivity contribution in [3.8, 4) is 5.75 Å². The van der Waals surface area contributed by atoms with Crippen LogP contribution in [0.5, 0.6) is 5.75 Å². The molecule has 43 heavy (non-hydrogen) atoms. The monoisotopic (exact) mass is 627 g/mol. The summed E-state index contributed by atoms with van der Waals surface area (Å²) >= 11 is 6.02. The van der Waals surface area contributed by atoms with Gasteiger partial charge in [0.25, 0.3) is 15.9 Å². The van der Waals surface area contributed by atoms with Crippen LogP contribution in [0.2, 0.25) is 5.02 Å². The molecule has 0 heterocycles. The van der Waals surface area contributed by atoms with E-state index in [2.05, 4.69) is 16.1 Å². The van der Waals surface area contributed by atoms with E-state index in [1.165, 1.54) is 59.7 Å². The minimum Gasteiger partial charge on any atom is -0.484 e. The van der Waals surface area contributed by atoms with Crippen molar-refractivity contribution in [1.29, 1.82) is 0 Å². The van der Waals surface area contributed by atoms with Crippen LogP contribution in [0.25, 0.3) is 0 Å². The number of halogens is 2. The van der Waals surface area contributed by atoms with Crippen LogP contribution >= 0.6 is 11.6 Å². The van der Waals surface area contributed by atoms with Gasteiger partial charge >= 0.3 is 0 Å². The van der Waals surface area contributed by atoms with Crippen LogP contribution in [-0.2, 0) is 26.2 Å². The summed E-state index contributed by atoms with van der Waals surface area (Å²) < 4.78 is 46.6. The van der Waals surface area contributed by atoms with Gasteiger partial charge < -0.3 is 15.0 Å². The number of ether oxygens (including phenoxy) is 1. The maximum Gasteiger partial charge on any atom is 0.261 e. The highest BCUT2D eigenvalue weighted by molar-refractivity contribution is 7.92. The van der Waals surface area contributed by atoms with E-state index in [0.717, 1.165) is 37.0 Å². The van der Waals surface area contributed by atoms with Gasteiger partial charge in [0.2, 0.25) is 5.91 Å². The number of rotatable bonds is 13. The quantitative estimate of drug-likeness (QED) is 0.223. The van der Waals surface area contributed by atoms with Crippen LogP contribution < -0.4 is 14.8 Å². The molecular formula is C32H35ClFN3O5S. The van der Waals surface area contributed by atoms with E-state index in [1.807, 2.05) is 0 Å². The lowest BCUT2D eigenvalue weighted by atomic mass is 9.97. The standard InChI is InChI=1S/C32H35ClFN3O5S/c1-23(32(39)35-20-19-24-5-3-2-4-6-24)37(21-25-7-9-26(33)10-8-25)31(38)22-42-29-15-17-30(18-16-29)43(40,41)36-28-13-11-27(34)12-14-28/h5,7-18,23,36H,2-4,6,19-22H2,1H3,(H,35,39)/t23-/m0/s1. The highest BCUT2D eigenvalue weighted by Gasteiger charge is 2.26. The van der Waals surface area contributed by atoms with Gasteiger partial charge in [-0.15, -0.1) is 0 Å². The molecular weight excluding hydrogens is 593 g/mol. The Morgan fingerprint density at radius 1 is 1.00 bits per heavy atom. The number of carbonyl (C=O) groups is 2. The SMILES string of the molecule is C[C@@H](C(=O)NCCC1=CCCCC1)N(Cc1ccc(Cl)cc1)C(=O)COc1ccc(S(=O)(=O)Nc2ccc(F)cc2)cc1. The van der Waals surface area contributed by atoms with Crippen LogP contribution in [0.15, 0.2) is 89.3 Å². The Hall–Kier alpha value is -3.89. The number of nitrogens with one attached hydrogen (secondary N) is 2. The van der Waals surface area contributed by atoms with Gasteiger partial charge in [0.1, 0.15) is 17.6 Å². The van der Waals surface area contributed by atoms with Crippen molar-refractivity contribution in [3.63, 3.8) is 0 Å². The Labute approximate surface area is 256 Å². The molecule has 0 fully saturated rings. The zero-order valence-electron chi connectivity index (χ0n) is 23.9. The van der Waals surface area contributed by atoms with Gasteiger partial charge in [0.05, 0.1) is 4.90 Å². The second-order valence-electron chi connectivity index (χ2n) is 10.3. The minimum atomic E-state index is -3.92. The summed E-state index contributed by atoms with van der Waals surface area (Å²) in [6.45, 7) is 1.99. The molecule has 0 spiro atoms. The summed E-state index contributed by atoms with van der Waals surface area (Å²) in [5.41, 5.74) is 2.37. The average Bonchev–Trinajstić information content (AvgIpc) is 3.01. The molecule has 0 saturated heterocycles. The van der Waals surface area contributed by atoms with Crippen molar-refractivity contribution < 1.29 is 27.1 Å². The summed E-state index contributed by atoms with van der Waals surface area (Å²) in [7, 11) is -3.92. The fourth-order valence-electron chi connectivity index (χ4n) is 4.67. The van der Waals surface area contributed by atoms with E-state index in [1.54, 1.807) is 31.2 Å². The number of allylic oxidation sites excluding steroid dienone is 1. The molecule has 2 N–H and O–H groups in total. The van der Waals surface area contributed by atoms with Gasteiger partial charge in [0.15, 0.2) is 6.61 Å². The van der Waals surface area contributed by atoms with Gasteiger partial charge in [-0.3, -0.25) is 14.3 Å². The maximum atomic E-state index is 13.4. The molecule has 0 bridgehead atoms. The first-order valence-electron chi connectivity index (χ1n) is 14.1. The molecule has 1 aliphatic carbocycles. The van der Waals surface area contributed by atoms with E-state index < -0.39 is 27.8 Å². The van der Waals surface area contributed by atoms with E-state index in [0.29, 0.717) is 11.6 Å². The van der Waals surface area contributed by atoms with Crippen molar-refractivity contribution >= 4 is 39.1 Å².